The molecule has 1 heterocycles. The number of rotatable bonds is 6. The molecule has 17 heavy (non-hydrogen) atoms. The monoisotopic (exact) mass is 239 g/mol. The van der Waals surface area contributed by atoms with E-state index < -0.39 is 0 Å². The third-order valence-electron chi connectivity index (χ3n) is 2.36. The number of nitrogens with one attached hydrogen (secondary N) is 1. The first-order valence-electron chi connectivity index (χ1n) is 5.80. The van der Waals surface area contributed by atoms with E-state index in [4.69, 9.17) is 5.73 Å². The first-order chi connectivity index (χ1) is 8.02. The molecule has 4 N–H and O–H groups in total. The lowest BCUT2D eigenvalue weighted by atomic mass is 10.3. The van der Waals surface area contributed by atoms with Gasteiger partial charge in [0.2, 0.25) is 5.95 Å². The molecule has 0 saturated heterocycles. The van der Waals surface area contributed by atoms with Gasteiger partial charge in [0, 0.05) is 26.2 Å². The van der Waals surface area contributed by atoms with Gasteiger partial charge >= 0.3 is 0 Å². The van der Waals surface area contributed by atoms with Crippen LogP contribution in [0, 0.1) is 0 Å². The third kappa shape index (κ3) is 4.44. The SMILES string of the molecule is CCNc1cc(N(C)CCC(C)O)nc(N)n1. The molecule has 0 aromatic carbocycles. The van der Waals surface area contributed by atoms with E-state index >= 15 is 0 Å². The Kier molecular flexibility index (Phi) is 4.96. The van der Waals surface area contributed by atoms with Crippen molar-refractivity contribution in [2.24, 2.45) is 0 Å². The lowest BCUT2D eigenvalue weighted by Crippen LogP contribution is -2.23. The van der Waals surface area contributed by atoms with E-state index in [9.17, 15) is 5.11 Å². The first kappa shape index (κ1) is 13.5. The number of aliphatic hydroxyl groups excluding tert-OH is 1. The van der Waals surface area contributed by atoms with Gasteiger partial charge in [0.05, 0.1) is 6.10 Å². The molecule has 0 saturated carbocycles. The molecule has 0 aliphatic carbocycles. The Hall–Kier alpha value is -1.56. The van der Waals surface area contributed by atoms with Crippen molar-refractivity contribution in [3.63, 3.8) is 0 Å². The standard InChI is InChI=1S/C11H21N5O/c1-4-13-9-7-10(15-11(12)14-9)16(3)6-5-8(2)17/h7-8,17H,4-6H2,1-3H3,(H3,12,13,14,15). The molecule has 0 radical (unpaired) electrons. The van der Waals surface area contributed by atoms with Crippen molar-refractivity contribution in [1.29, 1.82) is 0 Å². The molecule has 1 rings (SSSR count). The summed E-state index contributed by atoms with van der Waals surface area (Å²) in [7, 11) is 1.92. The van der Waals surface area contributed by atoms with E-state index in [1.165, 1.54) is 0 Å². The zero-order valence-electron chi connectivity index (χ0n) is 10.6. The summed E-state index contributed by atoms with van der Waals surface area (Å²) in [5, 5.41) is 12.3. The molecule has 0 fully saturated rings. The number of hydrogen-bond acceptors (Lipinski definition) is 6. The van der Waals surface area contributed by atoms with Gasteiger partial charge in [-0.25, -0.2) is 0 Å². The first-order valence-corrected chi connectivity index (χ1v) is 5.80. The second-order valence-electron chi connectivity index (χ2n) is 4.06. The fourth-order valence-electron chi connectivity index (χ4n) is 1.41. The summed E-state index contributed by atoms with van der Waals surface area (Å²) in [6, 6.07) is 1.85. The van der Waals surface area contributed by atoms with Crippen molar-refractivity contribution in [3.8, 4) is 0 Å². The summed E-state index contributed by atoms with van der Waals surface area (Å²) in [4.78, 5) is 10.2. The maximum absolute atomic E-state index is 9.25. The number of nitrogens with zero attached hydrogens (tertiary/aromatic N) is 3. The molecule has 1 aromatic heterocycles. The molecule has 6 nitrogen and oxygen atoms in total. The minimum Gasteiger partial charge on any atom is -0.393 e. The van der Waals surface area contributed by atoms with Crippen LogP contribution in [0.5, 0.6) is 0 Å². The minimum absolute atomic E-state index is 0.252. The Morgan fingerprint density at radius 1 is 1.53 bits per heavy atom. The Labute approximate surface area is 102 Å². The van der Waals surface area contributed by atoms with Crippen LogP contribution >= 0.6 is 0 Å². The maximum Gasteiger partial charge on any atom is 0.223 e. The highest BCUT2D eigenvalue weighted by Gasteiger charge is 2.07. The Bertz CT molecular complexity index is 356. The minimum atomic E-state index is -0.315. The molecule has 0 amide bonds. The molecule has 1 unspecified atom stereocenters. The molecule has 96 valence electrons. The van der Waals surface area contributed by atoms with Gasteiger partial charge in [0.1, 0.15) is 11.6 Å². The zero-order chi connectivity index (χ0) is 12.8. The van der Waals surface area contributed by atoms with Crippen molar-refractivity contribution in [2.45, 2.75) is 26.4 Å². The molecule has 1 atom stereocenters. The second-order valence-corrected chi connectivity index (χ2v) is 4.06. The smallest absolute Gasteiger partial charge is 0.223 e. The van der Waals surface area contributed by atoms with Crippen LogP contribution in [-0.2, 0) is 0 Å². The molecule has 0 aliphatic heterocycles. The van der Waals surface area contributed by atoms with Crippen molar-refractivity contribution in [1.82, 2.24) is 9.97 Å². The highest BCUT2D eigenvalue weighted by Crippen LogP contribution is 2.16. The number of nitrogen functional groups attached to an aromatic ring is 1. The fourth-order valence-corrected chi connectivity index (χ4v) is 1.41. The summed E-state index contributed by atoms with van der Waals surface area (Å²) in [6.45, 7) is 5.27. The highest BCUT2D eigenvalue weighted by molar-refractivity contribution is 5.52. The van der Waals surface area contributed by atoms with Crippen molar-refractivity contribution in [3.05, 3.63) is 6.07 Å². The van der Waals surface area contributed by atoms with Crippen molar-refractivity contribution < 1.29 is 5.11 Å². The molecular weight excluding hydrogens is 218 g/mol. The molecule has 0 bridgehead atoms. The van der Waals surface area contributed by atoms with Gasteiger partial charge in [-0.3, -0.25) is 0 Å². The highest BCUT2D eigenvalue weighted by atomic mass is 16.3. The van der Waals surface area contributed by atoms with E-state index in [2.05, 4.69) is 15.3 Å². The van der Waals surface area contributed by atoms with E-state index in [0.29, 0.717) is 6.42 Å². The molecule has 0 aliphatic rings. The van der Waals surface area contributed by atoms with Gasteiger partial charge in [-0.1, -0.05) is 0 Å². The summed E-state index contributed by atoms with van der Waals surface area (Å²) in [5.74, 6) is 1.73. The topological polar surface area (TPSA) is 87.3 Å². The maximum atomic E-state index is 9.25. The number of nitrogens with two attached hydrogens (primary N) is 1. The summed E-state index contributed by atoms with van der Waals surface area (Å²) in [5.41, 5.74) is 5.65. The van der Waals surface area contributed by atoms with Gasteiger partial charge in [-0.2, -0.15) is 9.97 Å². The zero-order valence-corrected chi connectivity index (χ0v) is 10.6. The Morgan fingerprint density at radius 3 is 2.82 bits per heavy atom. The molecule has 1 aromatic rings. The predicted molar refractivity (Wildman–Crippen MR) is 70.2 cm³/mol. The molecular formula is C11H21N5O. The number of hydrogen-bond donors (Lipinski definition) is 3. The Morgan fingerprint density at radius 2 is 2.24 bits per heavy atom. The summed E-state index contributed by atoms with van der Waals surface area (Å²) < 4.78 is 0. The van der Waals surface area contributed by atoms with Crippen LogP contribution in [0.25, 0.3) is 0 Å². The molecule has 6 heteroatoms. The normalized spacial score (nSPS) is 12.2. The van der Waals surface area contributed by atoms with Crippen LogP contribution in [0.3, 0.4) is 0 Å². The van der Waals surface area contributed by atoms with Gasteiger partial charge in [0.25, 0.3) is 0 Å². The Balaban J connectivity index is 2.74. The van der Waals surface area contributed by atoms with E-state index in [-0.39, 0.29) is 12.1 Å². The van der Waals surface area contributed by atoms with Gasteiger partial charge < -0.3 is 21.1 Å². The average molecular weight is 239 g/mol. The lowest BCUT2D eigenvalue weighted by Gasteiger charge is -2.19. The van der Waals surface area contributed by atoms with E-state index in [0.717, 1.165) is 24.7 Å². The number of anilines is 3. The van der Waals surface area contributed by atoms with E-state index in [1.807, 2.05) is 24.9 Å². The summed E-state index contributed by atoms with van der Waals surface area (Å²) >= 11 is 0. The largest absolute Gasteiger partial charge is 0.393 e. The van der Waals surface area contributed by atoms with Crippen LogP contribution < -0.4 is 16.0 Å². The van der Waals surface area contributed by atoms with Gasteiger partial charge in [0.15, 0.2) is 0 Å². The number of aromatic nitrogens is 2. The quantitative estimate of drug-likeness (QED) is 0.677. The van der Waals surface area contributed by atoms with Crippen LogP contribution in [0.1, 0.15) is 20.3 Å². The third-order valence-corrected chi connectivity index (χ3v) is 2.36. The van der Waals surface area contributed by atoms with Crippen LogP contribution in [0.2, 0.25) is 0 Å². The van der Waals surface area contributed by atoms with Crippen LogP contribution in [-0.4, -0.2) is 41.3 Å². The average Bonchev–Trinajstić information content (AvgIpc) is 2.25. The van der Waals surface area contributed by atoms with Crippen LogP contribution in [0.15, 0.2) is 6.07 Å². The van der Waals surface area contributed by atoms with Gasteiger partial charge in [-0.15, -0.1) is 0 Å². The van der Waals surface area contributed by atoms with Gasteiger partial charge in [-0.05, 0) is 20.3 Å². The lowest BCUT2D eigenvalue weighted by molar-refractivity contribution is 0.187. The predicted octanol–water partition coefficient (Wildman–Crippen LogP) is 0.698. The summed E-state index contributed by atoms with van der Waals surface area (Å²) in [6.07, 6.45) is 0.376. The van der Waals surface area contributed by atoms with Crippen LogP contribution in [0.4, 0.5) is 17.6 Å². The number of aliphatic hydroxyl groups is 1. The van der Waals surface area contributed by atoms with Crippen molar-refractivity contribution in [2.75, 3.05) is 36.1 Å². The fraction of sp³-hybridized carbons (Fsp3) is 0.636. The van der Waals surface area contributed by atoms with E-state index in [1.54, 1.807) is 6.92 Å². The molecule has 0 spiro atoms. The van der Waals surface area contributed by atoms with Crippen molar-refractivity contribution >= 4 is 17.6 Å². The second kappa shape index (κ2) is 6.24.